The first-order valence-electron chi connectivity index (χ1n) is 6.53. The van der Waals surface area contributed by atoms with Crippen molar-refractivity contribution in [2.75, 3.05) is 25.1 Å². The van der Waals surface area contributed by atoms with Crippen molar-refractivity contribution in [3.05, 3.63) is 29.6 Å². The normalized spacial score (nSPS) is 9.75. The number of ether oxygens (including phenoxy) is 1. The summed E-state index contributed by atoms with van der Waals surface area (Å²) >= 11 is 0. The average molecular weight is 278 g/mol. The van der Waals surface area contributed by atoms with Crippen LogP contribution < -0.4 is 11.1 Å². The molecule has 0 saturated carbocycles. The van der Waals surface area contributed by atoms with E-state index in [-0.39, 0.29) is 18.1 Å². The van der Waals surface area contributed by atoms with Gasteiger partial charge in [0.1, 0.15) is 5.82 Å². The van der Waals surface area contributed by atoms with Crippen LogP contribution in [0.5, 0.6) is 0 Å². The Bertz CT molecular complexity index is 506. The molecule has 0 aliphatic carbocycles. The highest BCUT2D eigenvalue weighted by Gasteiger charge is 2.07. The van der Waals surface area contributed by atoms with Crippen LogP contribution in [0, 0.1) is 17.7 Å². The summed E-state index contributed by atoms with van der Waals surface area (Å²) in [6.07, 6.45) is 0.912. The van der Waals surface area contributed by atoms with Crippen LogP contribution in [0.1, 0.15) is 25.3 Å². The van der Waals surface area contributed by atoms with E-state index in [4.69, 9.17) is 10.5 Å². The molecule has 0 heterocycles. The van der Waals surface area contributed by atoms with Crippen LogP contribution in [-0.2, 0) is 9.53 Å². The lowest BCUT2D eigenvalue weighted by atomic mass is 10.2. The average Bonchev–Trinajstić information content (AvgIpc) is 2.44. The number of amides is 1. The van der Waals surface area contributed by atoms with E-state index in [1.165, 1.54) is 12.1 Å². The van der Waals surface area contributed by atoms with Crippen molar-refractivity contribution in [1.29, 1.82) is 0 Å². The van der Waals surface area contributed by atoms with Crippen LogP contribution in [0.3, 0.4) is 0 Å². The summed E-state index contributed by atoms with van der Waals surface area (Å²) in [6, 6.07) is 4.41. The Morgan fingerprint density at radius 2 is 2.30 bits per heavy atom. The fraction of sp³-hybridized carbons (Fsp3) is 0.400. The van der Waals surface area contributed by atoms with E-state index in [9.17, 15) is 9.18 Å². The first kappa shape index (κ1) is 16.2. The third kappa shape index (κ3) is 5.83. The minimum absolute atomic E-state index is 0.157. The van der Waals surface area contributed by atoms with Crippen LogP contribution >= 0.6 is 0 Å². The van der Waals surface area contributed by atoms with Gasteiger partial charge in [0, 0.05) is 25.2 Å². The maximum Gasteiger partial charge on any atom is 0.224 e. The Kier molecular flexibility index (Phi) is 7.33. The molecule has 0 spiro atoms. The van der Waals surface area contributed by atoms with Gasteiger partial charge in [-0.05, 0) is 31.5 Å². The number of hydrogen-bond donors (Lipinski definition) is 2. The van der Waals surface area contributed by atoms with Gasteiger partial charge in [-0.1, -0.05) is 11.8 Å². The van der Waals surface area contributed by atoms with Gasteiger partial charge in [-0.25, -0.2) is 4.39 Å². The summed E-state index contributed by atoms with van der Waals surface area (Å²) in [6.45, 7) is 3.27. The third-order valence-corrected chi connectivity index (χ3v) is 2.47. The smallest absolute Gasteiger partial charge is 0.224 e. The van der Waals surface area contributed by atoms with Crippen molar-refractivity contribution in [3.8, 4) is 11.8 Å². The van der Waals surface area contributed by atoms with Crippen LogP contribution in [-0.4, -0.2) is 25.7 Å². The lowest BCUT2D eigenvalue weighted by molar-refractivity contribution is -0.116. The van der Waals surface area contributed by atoms with E-state index >= 15 is 0 Å². The standard InChI is InChI=1S/C15H19FN2O2/c1-2-20-10-4-6-15(19)18-14-8-7-12(5-3-9-17)11-13(14)16/h7-8,11H,2,4,6,9-10,17H2,1H3,(H,18,19). The highest BCUT2D eigenvalue weighted by molar-refractivity contribution is 5.90. The first-order chi connectivity index (χ1) is 9.67. The molecule has 1 rings (SSSR count). The van der Waals surface area contributed by atoms with Gasteiger partial charge in [0.05, 0.1) is 12.2 Å². The minimum Gasteiger partial charge on any atom is -0.382 e. The first-order valence-corrected chi connectivity index (χ1v) is 6.53. The summed E-state index contributed by atoms with van der Waals surface area (Å²) in [5.41, 5.74) is 5.93. The topological polar surface area (TPSA) is 64.3 Å². The molecule has 0 atom stereocenters. The zero-order valence-corrected chi connectivity index (χ0v) is 11.5. The number of rotatable bonds is 6. The van der Waals surface area contributed by atoms with Crippen molar-refractivity contribution >= 4 is 11.6 Å². The van der Waals surface area contributed by atoms with Crippen molar-refractivity contribution < 1.29 is 13.9 Å². The van der Waals surface area contributed by atoms with Gasteiger partial charge >= 0.3 is 0 Å². The largest absolute Gasteiger partial charge is 0.382 e. The molecule has 0 bridgehead atoms. The summed E-state index contributed by atoms with van der Waals surface area (Å²) in [5.74, 6) is 4.63. The molecule has 108 valence electrons. The Morgan fingerprint density at radius 3 is 2.95 bits per heavy atom. The summed E-state index contributed by atoms with van der Waals surface area (Å²) in [4.78, 5) is 11.6. The molecule has 0 aromatic heterocycles. The second kappa shape index (κ2) is 9.08. The zero-order valence-electron chi connectivity index (χ0n) is 11.5. The summed E-state index contributed by atoms with van der Waals surface area (Å²) in [5, 5.41) is 2.53. The molecular formula is C15H19FN2O2. The van der Waals surface area contributed by atoms with Crippen molar-refractivity contribution in [2.24, 2.45) is 5.73 Å². The monoisotopic (exact) mass is 278 g/mol. The Hall–Kier alpha value is -1.90. The highest BCUT2D eigenvalue weighted by atomic mass is 19.1. The van der Waals surface area contributed by atoms with Crippen LogP contribution in [0.4, 0.5) is 10.1 Å². The molecule has 0 unspecified atom stereocenters. The van der Waals surface area contributed by atoms with Crippen LogP contribution in [0.15, 0.2) is 18.2 Å². The lowest BCUT2D eigenvalue weighted by Gasteiger charge is -2.06. The molecule has 1 aromatic rings. The molecule has 3 N–H and O–H groups in total. The molecule has 0 saturated heterocycles. The molecule has 4 nitrogen and oxygen atoms in total. The van der Waals surface area contributed by atoms with Gasteiger partial charge in [0.25, 0.3) is 0 Å². The van der Waals surface area contributed by atoms with Crippen LogP contribution in [0.2, 0.25) is 0 Å². The fourth-order valence-electron chi connectivity index (χ4n) is 1.54. The number of hydrogen-bond acceptors (Lipinski definition) is 3. The molecule has 5 heteroatoms. The molecule has 0 aliphatic rings. The predicted octanol–water partition coefficient (Wildman–Crippen LogP) is 1.89. The van der Waals surface area contributed by atoms with E-state index in [0.717, 1.165) is 0 Å². The maximum absolute atomic E-state index is 13.7. The summed E-state index contributed by atoms with van der Waals surface area (Å²) < 4.78 is 18.9. The number of nitrogens with one attached hydrogen (secondary N) is 1. The van der Waals surface area contributed by atoms with E-state index in [2.05, 4.69) is 17.2 Å². The Labute approximate surface area is 118 Å². The second-order valence-electron chi connectivity index (χ2n) is 4.05. The van der Waals surface area contributed by atoms with E-state index < -0.39 is 5.82 Å². The SMILES string of the molecule is CCOCCCC(=O)Nc1ccc(C#CCN)cc1F. The molecule has 20 heavy (non-hydrogen) atoms. The number of anilines is 1. The van der Waals surface area contributed by atoms with Gasteiger partial charge in [0.2, 0.25) is 5.91 Å². The van der Waals surface area contributed by atoms with Gasteiger partial charge in [0.15, 0.2) is 0 Å². The third-order valence-electron chi connectivity index (χ3n) is 2.47. The van der Waals surface area contributed by atoms with Gasteiger partial charge < -0.3 is 15.8 Å². The Balaban J connectivity index is 2.53. The van der Waals surface area contributed by atoms with Crippen molar-refractivity contribution in [2.45, 2.75) is 19.8 Å². The van der Waals surface area contributed by atoms with E-state index in [1.807, 2.05) is 6.92 Å². The minimum atomic E-state index is -0.507. The van der Waals surface area contributed by atoms with Crippen LogP contribution in [0.25, 0.3) is 0 Å². The molecule has 0 fully saturated rings. The molecule has 0 radical (unpaired) electrons. The van der Waals surface area contributed by atoms with Crippen molar-refractivity contribution in [3.63, 3.8) is 0 Å². The van der Waals surface area contributed by atoms with Gasteiger partial charge in [-0.2, -0.15) is 0 Å². The molecular weight excluding hydrogens is 259 g/mol. The van der Waals surface area contributed by atoms with Gasteiger partial charge in [-0.3, -0.25) is 4.79 Å². The zero-order chi connectivity index (χ0) is 14.8. The van der Waals surface area contributed by atoms with E-state index in [1.54, 1.807) is 6.07 Å². The number of nitrogens with two attached hydrogens (primary N) is 1. The number of halogens is 1. The molecule has 1 amide bonds. The number of carbonyl (C=O) groups excluding carboxylic acids is 1. The maximum atomic E-state index is 13.7. The molecule has 0 aliphatic heterocycles. The quantitative estimate of drug-likeness (QED) is 0.617. The number of benzene rings is 1. The van der Waals surface area contributed by atoms with Gasteiger partial charge in [-0.15, -0.1) is 0 Å². The highest BCUT2D eigenvalue weighted by Crippen LogP contribution is 2.15. The fourth-order valence-corrected chi connectivity index (χ4v) is 1.54. The summed E-state index contributed by atoms with van der Waals surface area (Å²) in [7, 11) is 0. The second-order valence-corrected chi connectivity index (χ2v) is 4.05. The van der Waals surface area contributed by atoms with E-state index in [0.29, 0.717) is 31.6 Å². The predicted molar refractivity (Wildman–Crippen MR) is 76.7 cm³/mol. The van der Waals surface area contributed by atoms with Crippen molar-refractivity contribution in [1.82, 2.24) is 0 Å². The number of carbonyl (C=O) groups is 1. The molecule has 1 aromatic carbocycles. The Morgan fingerprint density at radius 1 is 1.50 bits per heavy atom. The lowest BCUT2D eigenvalue weighted by Crippen LogP contribution is -2.13.